The van der Waals surface area contributed by atoms with E-state index in [1.165, 1.54) is 19.3 Å². The molecule has 0 aromatic carbocycles. The zero-order chi connectivity index (χ0) is 11.5. The lowest BCUT2D eigenvalue weighted by Gasteiger charge is -2.04. The molecule has 0 spiro atoms. The van der Waals surface area contributed by atoms with Crippen molar-refractivity contribution in [1.29, 1.82) is 0 Å². The minimum atomic E-state index is -0.724. The van der Waals surface area contributed by atoms with E-state index in [1.807, 2.05) is 13.8 Å². The molecule has 1 saturated carbocycles. The number of unbranched alkanes of at least 4 members (excludes halogenated alkanes) is 3. The number of carboxylic acid groups (broad SMARTS) is 1. The van der Waals surface area contributed by atoms with Gasteiger partial charge in [-0.25, -0.2) is 0 Å². The summed E-state index contributed by atoms with van der Waals surface area (Å²) in [6, 6.07) is 0. The van der Waals surface area contributed by atoms with Crippen molar-refractivity contribution in [1.82, 2.24) is 0 Å². The second-order valence-electron chi connectivity index (χ2n) is 4.99. The maximum atomic E-state index is 10.8. The van der Waals surface area contributed by atoms with Crippen LogP contribution in [0.5, 0.6) is 0 Å². The third-order valence-electron chi connectivity index (χ3n) is 3.29. The molecule has 0 amide bonds. The molecule has 0 bridgehead atoms. The lowest BCUT2D eigenvalue weighted by Crippen LogP contribution is -2.06. The van der Waals surface area contributed by atoms with E-state index in [0.29, 0.717) is 6.61 Å². The van der Waals surface area contributed by atoms with E-state index in [2.05, 4.69) is 6.92 Å². The number of hydrogen-bond acceptors (Lipinski definition) is 2. The third kappa shape index (κ3) is 2.94. The summed E-state index contributed by atoms with van der Waals surface area (Å²) < 4.78 is 5.61. The fraction of sp³-hybridized carbons (Fsp3) is 0.917. The van der Waals surface area contributed by atoms with E-state index in [9.17, 15) is 4.79 Å². The van der Waals surface area contributed by atoms with E-state index in [4.69, 9.17) is 9.84 Å². The first-order valence-electron chi connectivity index (χ1n) is 5.86. The molecule has 0 aliphatic heterocycles. The van der Waals surface area contributed by atoms with Crippen LogP contribution in [0.15, 0.2) is 0 Å². The average molecular weight is 214 g/mol. The number of aliphatic carboxylic acids is 1. The molecule has 1 fully saturated rings. The smallest absolute Gasteiger partial charge is 0.309 e. The summed E-state index contributed by atoms with van der Waals surface area (Å²) in [4.78, 5) is 10.8. The predicted molar refractivity (Wildman–Crippen MR) is 58.8 cm³/mol. The van der Waals surface area contributed by atoms with Gasteiger partial charge in [-0.2, -0.15) is 0 Å². The highest BCUT2D eigenvalue weighted by atomic mass is 16.5. The van der Waals surface area contributed by atoms with Crippen molar-refractivity contribution >= 4 is 5.97 Å². The molecule has 2 unspecified atom stereocenters. The van der Waals surface area contributed by atoms with Crippen LogP contribution in [-0.2, 0) is 9.53 Å². The molecule has 1 aliphatic carbocycles. The van der Waals surface area contributed by atoms with Crippen molar-refractivity contribution in [2.75, 3.05) is 6.61 Å². The second kappa shape index (κ2) is 4.97. The summed E-state index contributed by atoms with van der Waals surface area (Å²) in [7, 11) is 0. The molecule has 3 nitrogen and oxygen atoms in total. The van der Waals surface area contributed by atoms with Crippen LogP contribution in [0.1, 0.15) is 46.5 Å². The molecule has 2 atom stereocenters. The van der Waals surface area contributed by atoms with E-state index < -0.39 is 5.97 Å². The quantitative estimate of drug-likeness (QED) is 0.663. The van der Waals surface area contributed by atoms with Gasteiger partial charge in [0.15, 0.2) is 0 Å². The van der Waals surface area contributed by atoms with Crippen LogP contribution in [-0.4, -0.2) is 23.8 Å². The van der Waals surface area contributed by atoms with Crippen LogP contribution in [0, 0.1) is 11.3 Å². The molecule has 3 heteroatoms. The van der Waals surface area contributed by atoms with E-state index in [0.717, 1.165) is 6.42 Å². The largest absolute Gasteiger partial charge is 0.481 e. The topological polar surface area (TPSA) is 46.5 Å². The Balaban J connectivity index is 2.16. The molecule has 0 heterocycles. The minimum absolute atomic E-state index is 0.0726. The van der Waals surface area contributed by atoms with Crippen molar-refractivity contribution in [3.8, 4) is 0 Å². The van der Waals surface area contributed by atoms with Crippen molar-refractivity contribution in [3.63, 3.8) is 0 Å². The Kier molecular flexibility index (Phi) is 4.14. The van der Waals surface area contributed by atoms with Crippen molar-refractivity contribution < 1.29 is 14.6 Å². The molecule has 0 radical (unpaired) electrons. The van der Waals surface area contributed by atoms with Gasteiger partial charge in [0, 0.05) is 12.0 Å². The van der Waals surface area contributed by atoms with Crippen molar-refractivity contribution in [2.24, 2.45) is 11.3 Å². The number of carboxylic acids is 1. The SMILES string of the molecule is CCCCCCOC1C(C(=O)O)C1(C)C. The lowest BCUT2D eigenvalue weighted by molar-refractivity contribution is -0.140. The third-order valence-corrected chi connectivity index (χ3v) is 3.29. The normalized spacial score (nSPS) is 27.7. The average Bonchev–Trinajstić information content (AvgIpc) is 2.68. The fourth-order valence-corrected chi connectivity index (χ4v) is 2.09. The van der Waals surface area contributed by atoms with Crippen LogP contribution < -0.4 is 0 Å². The van der Waals surface area contributed by atoms with Crippen molar-refractivity contribution in [3.05, 3.63) is 0 Å². The van der Waals surface area contributed by atoms with Gasteiger partial charge in [0.1, 0.15) is 0 Å². The van der Waals surface area contributed by atoms with Gasteiger partial charge >= 0.3 is 5.97 Å². The van der Waals surface area contributed by atoms with Crippen LogP contribution in [0.4, 0.5) is 0 Å². The maximum Gasteiger partial charge on any atom is 0.309 e. The summed E-state index contributed by atoms with van der Waals surface area (Å²) in [5.74, 6) is -1.03. The highest BCUT2D eigenvalue weighted by molar-refractivity contribution is 5.76. The van der Waals surface area contributed by atoms with Crippen LogP contribution in [0.25, 0.3) is 0 Å². The molecule has 1 N–H and O–H groups in total. The van der Waals surface area contributed by atoms with Gasteiger partial charge < -0.3 is 9.84 Å². The van der Waals surface area contributed by atoms with E-state index in [1.54, 1.807) is 0 Å². The molecule has 0 saturated heterocycles. The Labute approximate surface area is 91.8 Å². The molecular weight excluding hydrogens is 192 g/mol. The number of ether oxygens (including phenoxy) is 1. The number of hydrogen-bond donors (Lipinski definition) is 1. The monoisotopic (exact) mass is 214 g/mol. The Morgan fingerprint density at radius 2 is 2.00 bits per heavy atom. The molecular formula is C12H22O3. The van der Waals surface area contributed by atoms with Gasteiger partial charge in [-0.3, -0.25) is 4.79 Å². The minimum Gasteiger partial charge on any atom is -0.481 e. The Bertz CT molecular complexity index is 223. The Morgan fingerprint density at radius 1 is 1.33 bits per heavy atom. The fourth-order valence-electron chi connectivity index (χ4n) is 2.09. The Morgan fingerprint density at radius 3 is 2.47 bits per heavy atom. The maximum absolute atomic E-state index is 10.8. The molecule has 0 aromatic rings. The van der Waals surface area contributed by atoms with Crippen LogP contribution in [0.3, 0.4) is 0 Å². The summed E-state index contributed by atoms with van der Waals surface area (Å²) in [5.41, 5.74) is -0.170. The highest BCUT2D eigenvalue weighted by Crippen LogP contribution is 2.54. The summed E-state index contributed by atoms with van der Waals surface area (Å²) >= 11 is 0. The van der Waals surface area contributed by atoms with Gasteiger partial charge in [0.2, 0.25) is 0 Å². The number of carbonyl (C=O) groups is 1. The van der Waals surface area contributed by atoms with Gasteiger partial charge in [-0.05, 0) is 6.42 Å². The molecule has 0 aromatic heterocycles. The summed E-state index contributed by atoms with van der Waals surface area (Å²) in [5, 5.41) is 8.92. The van der Waals surface area contributed by atoms with Gasteiger partial charge in [-0.1, -0.05) is 40.0 Å². The molecule has 15 heavy (non-hydrogen) atoms. The Hall–Kier alpha value is -0.570. The standard InChI is InChI=1S/C12H22O3/c1-4-5-6-7-8-15-10-9(11(13)14)12(10,2)3/h9-10H,4-8H2,1-3H3,(H,13,14). The first-order valence-corrected chi connectivity index (χ1v) is 5.86. The zero-order valence-electron chi connectivity index (χ0n) is 9.95. The molecule has 88 valence electrons. The van der Waals surface area contributed by atoms with Crippen molar-refractivity contribution in [2.45, 2.75) is 52.6 Å². The first kappa shape index (κ1) is 12.5. The van der Waals surface area contributed by atoms with Gasteiger partial charge in [0.05, 0.1) is 12.0 Å². The van der Waals surface area contributed by atoms with E-state index in [-0.39, 0.29) is 17.4 Å². The van der Waals surface area contributed by atoms with E-state index >= 15 is 0 Å². The van der Waals surface area contributed by atoms with Crippen LogP contribution >= 0.6 is 0 Å². The summed E-state index contributed by atoms with van der Waals surface area (Å²) in [6.07, 6.45) is 4.61. The summed E-state index contributed by atoms with van der Waals surface area (Å²) in [6.45, 7) is 6.80. The zero-order valence-corrected chi connectivity index (χ0v) is 9.95. The first-order chi connectivity index (χ1) is 7.01. The van der Waals surface area contributed by atoms with Gasteiger partial charge in [-0.15, -0.1) is 0 Å². The number of rotatable bonds is 7. The second-order valence-corrected chi connectivity index (χ2v) is 4.99. The lowest BCUT2D eigenvalue weighted by atomic mass is 10.1. The predicted octanol–water partition coefficient (Wildman–Crippen LogP) is 2.69. The molecule has 1 rings (SSSR count). The molecule has 1 aliphatic rings. The highest BCUT2D eigenvalue weighted by Gasteiger charge is 2.63. The van der Waals surface area contributed by atoms with Crippen LogP contribution in [0.2, 0.25) is 0 Å². The van der Waals surface area contributed by atoms with Gasteiger partial charge in [0.25, 0.3) is 0 Å².